The van der Waals surface area contributed by atoms with Crippen LogP contribution in [0.25, 0.3) is 0 Å². The lowest BCUT2D eigenvalue weighted by Gasteiger charge is -2.30. The van der Waals surface area contributed by atoms with E-state index in [1.807, 2.05) is 0 Å². The molecular weight excluding hydrogens is 236 g/mol. The maximum atomic E-state index is 3.71. The van der Waals surface area contributed by atoms with Gasteiger partial charge in [0.1, 0.15) is 0 Å². The Kier molecular flexibility index (Phi) is 4.03. The molecule has 2 atom stereocenters. The largest absolute Gasteiger partial charge is 0.312 e. The van der Waals surface area contributed by atoms with E-state index in [2.05, 4.69) is 33.7 Å². The van der Waals surface area contributed by atoms with Crippen LogP contribution in [0.3, 0.4) is 0 Å². The number of piperidine rings is 1. The van der Waals surface area contributed by atoms with Crippen molar-refractivity contribution < 1.29 is 0 Å². The van der Waals surface area contributed by atoms with E-state index in [4.69, 9.17) is 0 Å². The highest BCUT2D eigenvalue weighted by Crippen LogP contribution is 2.26. The van der Waals surface area contributed by atoms with E-state index in [0.717, 1.165) is 18.0 Å². The Labute approximate surface area is 107 Å². The molecule has 4 aliphatic heterocycles. The summed E-state index contributed by atoms with van der Waals surface area (Å²) in [5.41, 5.74) is 0. The zero-order chi connectivity index (χ0) is 10.8. The molecule has 0 amide bonds. The SMILES string of the molecule is C1CSCC(N2CC3CCC(C2)NC3)CS1. The smallest absolute Gasteiger partial charge is 0.0277 e. The van der Waals surface area contributed by atoms with Crippen molar-refractivity contribution >= 4 is 23.5 Å². The first-order valence-corrected chi connectivity index (χ1v) is 8.85. The minimum Gasteiger partial charge on any atom is -0.312 e. The van der Waals surface area contributed by atoms with Gasteiger partial charge in [0, 0.05) is 48.2 Å². The molecular formula is C12H22N2S2. The highest BCUT2D eigenvalue weighted by atomic mass is 32.2. The Balaban J connectivity index is 1.64. The van der Waals surface area contributed by atoms with Crippen LogP contribution in [0.15, 0.2) is 0 Å². The predicted octanol–water partition coefficient (Wildman–Crippen LogP) is 1.52. The van der Waals surface area contributed by atoms with Gasteiger partial charge in [-0.15, -0.1) is 0 Å². The molecule has 16 heavy (non-hydrogen) atoms. The van der Waals surface area contributed by atoms with Crippen molar-refractivity contribution in [3.05, 3.63) is 0 Å². The van der Waals surface area contributed by atoms with Crippen molar-refractivity contribution in [3.63, 3.8) is 0 Å². The van der Waals surface area contributed by atoms with Crippen molar-refractivity contribution in [3.8, 4) is 0 Å². The molecule has 2 bridgehead atoms. The van der Waals surface area contributed by atoms with E-state index in [-0.39, 0.29) is 0 Å². The van der Waals surface area contributed by atoms with Gasteiger partial charge in [-0.1, -0.05) is 0 Å². The van der Waals surface area contributed by atoms with Crippen LogP contribution < -0.4 is 5.32 Å². The van der Waals surface area contributed by atoms with Crippen molar-refractivity contribution in [2.75, 3.05) is 42.6 Å². The molecule has 0 spiro atoms. The van der Waals surface area contributed by atoms with Gasteiger partial charge in [-0.2, -0.15) is 23.5 Å². The highest BCUT2D eigenvalue weighted by Gasteiger charge is 2.32. The standard InChI is InChI=1S/C12H22N2S2/c1-2-11-7-14(6-10(1)5-13-11)12-8-15-3-4-16-9-12/h10-13H,1-9H2. The molecule has 2 nitrogen and oxygen atoms in total. The van der Waals surface area contributed by atoms with Crippen molar-refractivity contribution in [1.29, 1.82) is 0 Å². The van der Waals surface area contributed by atoms with E-state index in [1.165, 1.54) is 55.5 Å². The third kappa shape index (κ3) is 2.71. The van der Waals surface area contributed by atoms with Gasteiger partial charge in [-0.25, -0.2) is 0 Å². The van der Waals surface area contributed by atoms with Crippen LogP contribution in [0.2, 0.25) is 0 Å². The third-order valence-corrected chi connectivity index (χ3v) is 6.56. The average Bonchev–Trinajstić information content (AvgIpc) is 2.76. The van der Waals surface area contributed by atoms with Crippen LogP contribution in [-0.2, 0) is 0 Å². The fourth-order valence-corrected chi connectivity index (χ4v) is 5.72. The second kappa shape index (κ2) is 5.51. The first-order valence-electron chi connectivity index (χ1n) is 6.55. The molecule has 0 radical (unpaired) electrons. The normalized spacial score (nSPS) is 38.2. The number of fused-ring (bicyclic) bond motifs is 4. The topological polar surface area (TPSA) is 15.3 Å². The van der Waals surface area contributed by atoms with Crippen molar-refractivity contribution in [1.82, 2.24) is 10.2 Å². The van der Waals surface area contributed by atoms with E-state index >= 15 is 0 Å². The zero-order valence-electron chi connectivity index (χ0n) is 9.86. The predicted molar refractivity (Wildman–Crippen MR) is 74.5 cm³/mol. The van der Waals surface area contributed by atoms with Gasteiger partial charge in [-0.3, -0.25) is 4.90 Å². The highest BCUT2D eigenvalue weighted by molar-refractivity contribution is 8.03. The maximum Gasteiger partial charge on any atom is 0.0277 e. The van der Waals surface area contributed by atoms with Gasteiger partial charge >= 0.3 is 0 Å². The molecule has 4 heterocycles. The summed E-state index contributed by atoms with van der Waals surface area (Å²) in [5.74, 6) is 6.39. The Bertz CT molecular complexity index is 207. The molecule has 0 aliphatic carbocycles. The minimum absolute atomic E-state index is 0.789. The number of hydrogen-bond donors (Lipinski definition) is 1. The zero-order valence-corrected chi connectivity index (χ0v) is 11.5. The number of nitrogens with one attached hydrogen (secondary N) is 1. The average molecular weight is 258 g/mol. The van der Waals surface area contributed by atoms with Crippen LogP contribution in [0, 0.1) is 5.92 Å². The molecule has 0 aromatic rings. The van der Waals surface area contributed by atoms with Crippen LogP contribution in [-0.4, -0.2) is 59.6 Å². The van der Waals surface area contributed by atoms with Gasteiger partial charge < -0.3 is 5.32 Å². The monoisotopic (exact) mass is 258 g/mol. The molecule has 92 valence electrons. The van der Waals surface area contributed by atoms with Gasteiger partial charge in [-0.05, 0) is 25.3 Å². The Morgan fingerprint density at radius 3 is 2.50 bits per heavy atom. The summed E-state index contributed by atoms with van der Waals surface area (Å²) >= 11 is 4.33. The molecule has 4 aliphatic rings. The van der Waals surface area contributed by atoms with Gasteiger partial charge in [0.2, 0.25) is 0 Å². The number of rotatable bonds is 1. The summed E-state index contributed by atoms with van der Waals surface area (Å²) in [5, 5.41) is 3.71. The molecule has 0 aromatic carbocycles. The summed E-state index contributed by atoms with van der Waals surface area (Å²) in [6, 6.07) is 1.64. The Morgan fingerprint density at radius 1 is 1.00 bits per heavy atom. The Hall–Kier alpha value is 0.620. The molecule has 4 saturated heterocycles. The fraction of sp³-hybridized carbons (Fsp3) is 1.00. The van der Waals surface area contributed by atoms with E-state index < -0.39 is 0 Å². The summed E-state index contributed by atoms with van der Waals surface area (Å²) < 4.78 is 0. The molecule has 4 fully saturated rings. The second-order valence-electron chi connectivity index (χ2n) is 5.31. The fourth-order valence-electron chi connectivity index (χ4n) is 3.09. The summed E-state index contributed by atoms with van der Waals surface area (Å²) in [6.45, 7) is 3.94. The van der Waals surface area contributed by atoms with Crippen LogP contribution in [0.4, 0.5) is 0 Å². The van der Waals surface area contributed by atoms with Crippen LogP contribution in [0.5, 0.6) is 0 Å². The number of nitrogens with zero attached hydrogens (tertiary/aromatic N) is 1. The van der Waals surface area contributed by atoms with E-state index in [1.54, 1.807) is 0 Å². The summed E-state index contributed by atoms with van der Waals surface area (Å²) in [7, 11) is 0. The lowest BCUT2D eigenvalue weighted by atomic mass is 9.97. The molecule has 0 aromatic heterocycles. The van der Waals surface area contributed by atoms with E-state index in [9.17, 15) is 0 Å². The molecule has 4 heteroatoms. The second-order valence-corrected chi connectivity index (χ2v) is 7.61. The lowest BCUT2D eigenvalue weighted by molar-refractivity contribution is 0.220. The molecule has 2 unspecified atom stereocenters. The lowest BCUT2D eigenvalue weighted by Crippen LogP contribution is -2.44. The van der Waals surface area contributed by atoms with Gasteiger partial charge in [0.05, 0.1) is 0 Å². The van der Waals surface area contributed by atoms with E-state index in [0.29, 0.717) is 0 Å². The minimum atomic E-state index is 0.789. The van der Waals surface area contributed by atoms with Crippen LogP contribution in [0.1, 0.15) is 12.8 Å². The van der Waals surface area contributed by atoms with Crippen LogP contribution >= 0.6 is 23.5 Å². The quantitative estimate of drug-likeness (QED) is 0.767. The molecule has 0 saturated carbocycles. The first kappa shape index (κ1) is 11.7. The van der Waals surface area contributed by atoms with Crippen molar-refractivity contribution in [2.24, 2.45) is 5.92 Å². The maximum absolute atomic E-state index is 3.71. The molecule has 4 rings (SSSR count). The first-order chi connectivity index (χ1) is 7.92. The molecule has 1 N–H and O–H groups in total. The Morgan fingerprint density at radius 2 is 1.81 bits per heavy atom. The number of thioether (sulfide) groups is 2. The summed E-state index contributed by atoms with van der Waals surface area (Å²) in [6.07, 6.45) is 2.87. The summed E-state index contributed by atoms with van der Waals surface area (Å²) in [4.78, 5) is 2.80. The van der Waals surface area contributed by atoms with Crippen molar-refractivity contribution in [2.45, 2.75) is 24.9 Å². The van der Waals surface area contributed by atoms with Gasteiger partial charge in [0.15, 0.2) is 0 Å². The van der Waals surface area contributed by atoms with Gasteiger partial charge in [0.25, 0.3) is 0 Å². The third-order valence-electron chi connectivity index (χ3n) is 4.08. The number of hydrogen-bond acceptors (Lipinski definition) is 4.